The molecule has 166 valence electrons. The maximum atomic E-state index is 11.2. The summed E-state index contributed by atoms with van der Waals surface area (Å²) in [6, 6.07) is 7.90. The fourth-order valence-corrected chi connectivity index (χ4v) is 4.06. The third kappa shape index (κ3) is 9.18. The van der Waals surface area contributed by atoms with Crippen LogP contribution in [0.4, 0.5) is 0 Å². The van der Waals surface area contributed by atoms with Gasteiger partial charge in [-0.3, -0.25) is 4.79 Å². The summed E-state index contributed by atoms with van der Waals surface area (Å²) in [6.45, 7) is 3.07. The van der Waals surface area contributed by atoms with Crippen molar-refractivity contribution in [1.29, 1.82) is 0 Å². The number of aliphatic hydroxyl groups is 1. The van der Waals surface area contributed by atoms with E-state index in [0.717, 1.165) is 50.0 Å². The number of methoxy groups -OCH3 is 1. The maximum Gasteiger partial charge on any atom is 0.303 e. The first-order chi connectivity index (χ1) is 13.8. The van der Waals surface area contributed by atoms with Gasteiger partial charge in [-0.2, -0.15) is 0 Å². The first kappa shape index (κ1) is 25.4. The van der Waals surface area contributed by atoms with Crippen LogP contribution < -0.4 is 4.74 Å². The number of rotatable bonds is 10. The Morgan fingerprint density at radius 1 is 1.21 bits per heavy atom. The highest BCUT2D eigenvalue weighted by Gasteiger charge is 2.40. The summed E-state index contributed by atoms with van der Waals surface area (Å²) in [7, 11) is 5.81. The molecule has 2 rings (SSSR count). The molecule has 0 heterocycles. The predicted molar refractivity (Wildman–Crippen MR) is 118 cm³/mol. The minimum Gasteiger partial charge on any atom is -0.497 e. The van der Waals surface area contributed by atoms with Crippen molar-refractivity contribution in [2.45, 2.75) is 76.7 Å². The predicted octanol–water partition coefficient (Wildman–Crippen LogP) is 5.07. The van der Waals surface area contributed by atoms with Gasteiger partial charge in [-0.1, -0.05) is 57.6 Å². The standard InChI is InChI=1S/C16H25NO2.C8H16O2/c1-17(2)12-14-7-4-5-10-16(14,18)13-8-6-9-15(11-13)19-3;1-2-3-4-5-6-7-8(9)10/h6,8-9,11,14,18H,4-5,7,10,12H2,1-3H3;2-7H2,1H3,(H,9,10)/t14-,16+;/m1./s1. The Balaban J connectivity index is 0.000000359. The number of aliphatic carboxylic acids is 1. The second-order valence-corrected chi connectivity index (χ2v) is 8.42. The fraction of sp³-hybridized carbons (Fsp3) is 0.708. The number of hydrogen-bond donors (Lipinski definition) is 2. The van der Waals surface area contributed by atoms with Crippen molar-refractivity contribution in [3.8, 4) is 5.75 Å². The van der Waals surface area contributed by atoms with Gasteiger partial charge in [0.05, 0.1) is 12.7 Å². The van der Waals surface area contributed by atoms with Crippen molar-refractivity contribution in [2.75, 3.05) is 27.7 Å². The summed E-state index contributed by atoms with van der Waals surface area (Å²) in [5.74, 6) is 0.444. The minimum absolute atomic E-state index is 0.295. The number of benzene rings is 1. The van der Waals surface area contributed by atoms with Gasteiger partial charge in [0.15, 0.2) is 0 Å². The van der Waals surface area contributed by atoms with Crippen LogP contribution in [-0.2, 0) is 10.4 Å². The molecule has 0 spiro atoms. The van der Waals surface area contributed by atoms with Crippen molar-refractivity contribution < 1.29 is 19.7 Å². The fourth-order valence-electron chi connectivity index (χ4n) is 4.06. The highest BCUT2D eigenvalue weighted by Crippen LogP contribution is 2.42. The lowest BCUT2D eigenvalue weighted by Gasteiger charge is -2.41. The second kappa shape index (κ2) is 13.6. The Hall–Kier alpha value is -1.59. The van der Waals surface area contributed by atoms with E-state index in [-0.39, 0.29) is 0 Å². The smallest absolute Gasteiger partial charge is 0.303 e. The molecule has 1 aliphatic rings. The minimum atomic E-state index is -0.711. The molecule has 0 unspecified atom stereocenters. The Bertz CT molecular complexity index is 590. The molecule has 0 saturated heterocycles. The van der Waals surface area contributed by atoms with Crippen LogP contribution in [0.1, 0.15) is 76.7 Å². The summed E-state index contributed by atoms with van der Waals surface area (Å²) in [6.07, 6.45) is 10.1. The third-order valence-electron chi connectivity index (χ3n) is 5.69. The molecule has 2 N–H and O–H groups in total. The van der Waals surface area contributed by atoms with Crippen LogP contribution in [0.5, 0.6) is 5.75 Å². The molecule has 2 atom stereocenters. The molecule has 29 heavy (non-hydrogen) atoms. The first-order valence-electron chi connectivity index (χ1n) is 11.1. The van der Waals surface area contributed by atoms with Crippen LogP contribution in [0.15, 0.2) is 24.3 Å². The Morgan fingerprint density at radius 2 is 1.93 bits per heavy atom. The average molecular weight is 408 g/mol. The molecule has 1 aromatic rings. The van der Waals surface area contributed by atoms with Crippen LogP contribution in [0.3, 0.4) is 0 Å². The van der Waals surface area contributed by atoms with E-state index in [1.54, 1.807) is 7.11 Å². The van der Waals surface area contributed by atoms with Gasteiger partial charge < -0.3 is 19.8 Å². The number of carboxylic acid groups (broad SMARTS) is 1. The van der Waals surface area contributed by atoms with E-state index in [9.17, 15) is 9.90 Å². The molecule has 1 saturated carbocycles. The molecular weight excluding hydrogens is 366 g/mol. The topological polar surface area (TPSA) is 70.0 Å². The van der Waals surface area contributed by atoms with E-state index in [0.29, 0.717) is 12.3 Å². The molecule has 1 fully saturated rings. The zero-order chi connectivity index (χ0) is 21.7. The maximum absolute atomic E-state index is 11.2. The lowest BCUT2D eigenvalue weighted by molar-refractivity contribution is -0.137. The van der Waals surface area contributed by atoms with Crippen molar-refractivity contribution >= 4 is 5.97 Å². The SMILES string of the molecule is CCCCCCCC(=O)O.COc1cccc([C@@]2(O)CCCC[C@@H]2CN(C)C)c1. The quantitative estimate of drug-likeness (QED) is 0.530. The van der Waals surface area contributed by atoms with Crippen LogP contribution >= 0.6 is 0 Å². The van der Waals surface area contributed by atoms with Crippen molar-refractivity contribution in [3.63, 3.8) is 0 Å². The lowest BCUT2D eigenvalue weighted by atomic mass is 9.71. The van der Waals surface area contributed by atoms with Gasteiger partial charge in [-0.25, -0.2) is 0 Å². The number of nitrogens with zero attached hydrogens (tertiary/aromatic N) is 1. The van der Waals surface area contributed by atoms with Gasteiger partial charge in [0, 0.05) is 18.9 Å². The van der Waals surface area contributed by atoms with Gasteiger partial charge >= 0.3 is 5.97 Å². The Morgan fingerprint density at radius 3 is 2.55 bits per heavy atom. The van der Waals surface area contributed by atoms with E-state index < -0.39 is 11.6 Å². The van der Waals surface area contributed by atoms with Crippen molar-refractivity contribution in [3.05, 3.63) is 29.8 Å². The molecule has 0 radical (unpaired) electrons. The molecule has 0 aliphatic heterocycles. The molecule has 0 bridgehead atoms. The van der Waals surface area contributed by atoms with Crippen LogP contribution in [0.25, 0.3) is 0 Å². The van der Waals surface area contributed by atoms with Crippen molar-refractivity contribution in [2.24, 2.45) is 5.92 Å². The van der Waals surface area contributed by atoms with E-state index in [4.69, 9.17) is 9.84 Å². The number of unbranched alkanes of at least 4 members (excludes halogenated alkanes) is 4. The van der Waals surface area contributed by atoms with E-state index in [1.165, 1.54) is 25.7 Å². The summed E-state index contributed by atoms with van der Waals surface area (Å²) < 4.78 is 5.29. The van der Waals surface area contributed by atoms with Gasteiger partial charge in [0.1, 0.15) is 5.75 Å². The van der Waals surface area contributed by atoms with Gasteiger partial charge in [0.2, 0.25) is 0 Å². The van der Waals surface area contributed by atoms with E-state index in [1.807, 2.05) is 24.3 Å². The van der Waals surface area contributed by atoms with E-state index in [2.05, 4.69) is 25.9 Å². The molecule has 0 aromatic heterocycles. The summed E-state index contributed by atoms with van der Waals surface area (Å²) in [5.41, 5.74) is 0.287. The lowest BCUT2D eigenvalue weighted by Crippen LogP contribution is -2.43. The zero-order valence-electron chi connectivity index (χ0n) is 18.8. The van der Waals surface area contributed by atoms with Crippen molar-refractivity contribution in [1.82, 2.24) is 4.90 Å². The molecule has 5 nitrogen and oxygen atoms in total. The largest absolute Gasteiger partial charge is 0.497 e. The number of carboxylic acids is 1. The highest BCUT2D eigenvalue weighted by molar-refractivity contribution is 5.66. The van der Waals surface area contributed by atoms with E-state index >= 15 is 0 Å². The summed E-state index contributed by atoms with van der Waals surface area (Å²) in [5, 5.41) is 19.5. The molecule has 5 heteroatoms. The zero-order valence-corrected chi connectivity index (χ0v) is 18.8. The number of ether oxygens (including phenoxy) is 1. The monoisotopic (exact) mass is 407 g/mol. The summed E-state index contributed by atoms with van der Waals surface area (Å²) in [4.78, 5) is 12.2. The highest BCUT2D eigenvalue weighted by atomic mass is 16.5. The summed E-state index contributed by atoms with van der Waals surface area (Å²) >= 11 is 0. The van der Waals surface area contributed by atoms with Crippen LogP contribution in [0.2, 0.25) is 0 Å². The van der Waals surface area contributed by atoms with Gasteiger partial charge in [0.25, 0.3) is 0 Å². The molecule has 1 aromatic carbocycles. The van der Waals surface area contributed by atoms with Crippen LogP contribution in [-0.4, -0.2) is 48.8 Å². The molecule has 0 amide bonds. The van der Waals surface area contributed by atoms with Gasteiger partial charge in [-0.15, -0.1) is 0 Å². The van der Waals surface area contributed by atoms with Gasteiger partial charge in [-0.05, 0) is 51.1 Å². The molecular formula is C24H41NO4. The first-order valence-corrected chi connectivity index (χ1v) is 11.1. The Labute approximate surface area is 177 Å². The molecule has 1 aliphatic carbocycles. The number of carbonyl (C=O) groups is 1. The second-order valence-electron chi connectivity index (χ2n) is 8.42. The number of hydrogen-bond acceptors (Lipinski definition) is 4. The Kier molecular flexibility index (Phi) is 11.9. The van der Waals surface area contributed by atoms with Crippen LogP contribution in [0, 0.1) is 5.92 Å². The third-order valence-corrected chi connectivity index (χ3v) is 5.69. The normalized spacial score (nSPS) is 21.4. The average Bonchev–Trinajstić information content (AvgIpc) is 2.70.